The molecular weight excluding hydrogens is 468 g/mol. The molecule has 2 aromatic carbocycles. The fourth-order valence-electron chi connectivity index (χ4n) is 4.49. The molecule has 1 aliphatic rings. The second kappa shape index (κ2) is 12.2. The summed E-state index contributed by atoms with van der Waals surface area (Å²) in [5.41, 5.74) is 0.239. The van der Waals surface area contributed by atoms with E-state index in [2.05, 4.69) is 0 Å². The SMILES string of the molecule is CCN(CCC1CCCC1)C(=O)CN(c1cc(OC)ccc1OC)S(=O)(=O)c1ccc(OC)cc1. The first kappa shape index (κ1) is 26.7. The molecule has 3 rings (SSSR count). The van der Waals surface area contributed by atoms with Gasteiger partial charge in [0, 0.05) is 19.2 Å². The molecule has 0 N–H and O–H groups in total. The van der Waals surface area contributed by atoms with Gasteiger partial charge in [-0.25, -0.2) is 8.42 Å². The molecule has 1 saturated carbocycles. The lowest BCUT2D eigenvalue weighted by molar-refractivity contribution is -0.129. The zero-order chi connectivity index (χ0) is 25.4. The fourth-order valence-corrected chi connectivity index (χ4v) is 5.90. The Labute approximate surface area is 208 Å². The van der Waals surface area contributed by atoms with Gasteiger partial charge in [0.1, 0.15) is 23.8 Å². The molecule has 8 nitrogen and oxygen atoms in total. The molecule has 0 radical (unpaired) electrons. The van der Waals surface area contributed by atoms with Gasteiger partial charge in [0.15, 0.2) is 0 Å². The van der Waals surface area contributed by atoms with Crippen molar-refractivity contribution in [3.63, 3.8) is 0 Å². The maximum Gasteiger partial charge on any atom is 0.264 e. The molecule has 0 saturated heterocycles. The summed E-state index contributed by atoms with van der Waals surface area (Å²) in [4.78, 5) is 15.2. The van der Waals surface area contributed by atoms with Crippen LogP contribution in [0.25, 0.3) is 0 Å². The Balaban J connectivity index is 1.96. The number of nitrogens with zero attached hydrogens (tertiary/aromatic N) is 2. The number of anilines is 1. The lowest BCUT2D eigenvalue weighted by Gasteiger charge is -2.29. The molecule has 0 atom stereocenters. The van der Waals surface area contributed by atoms with Crippen LogP contribution in [0, 0.1) is 5.92 Å². The highest BCUT2D eigenvalue weighted by molar-refractivity contribution is 7.92. The summed E-state index contributed by atoms with van der Waals surface area (Å²) in [6, 6.07) is 11.0. The third-order valence-electron chi connectivity index (χ3n) is 6.60. The molecule has 0 heterocycles. The van der Waals surface area contributed by atoms with Crippen LogP contribution >= 0.6 is 0 Å². The molecule has 192 valence electrons. The van der Waals surface area contributed by atoms with Crippen LogP contribution in [0.4, 0.5) is 5.69 Å². The quantitative estimate of drug-likeness (QED) is 0.428. The maximum absolute atomic E-state index is 13.8. The zero-order valence-electron chi connectivity index (χ0n) is 21.0. The first-order chi connectivity index (χ1) is 16.8. The first-order valence-corrected chi connectivity index (χ1v) is 13.4. The van der Waals surface area contributed by atoms with E-state index in [0.29, 0.717) is 36.3 Å². The Hall–Kier alpha value is -2.94. The van der Waals surface area contributed by atoms with Gasteiger partial charge < -0.3 is 19.1 Å². The lowest BCUT2D eigenvalue weighted by atomic mass is 10.0. The Morgan fingerprint density at radius 2 is 1.57 bits per heavy atom. The highest BCUT2D eigenvalue weighted by atomic mass is 32.2. The Bertz CT molecular complexity index is 1080. The van der Waals surface area contributed by atoms with Crippen molar-refractivity contribution in [1.82, 2.24) is 4.90 Å². The van der Waals surface area contributed by atoms with Gasteiger partial charge in [0.25, 0.3) is 10.0 Å². The van der Waals surface area contributed by atoms with Crippen molar-refractivity contribution in [2.75, 3.05) is 45.3 Å². The number of methoxy groups -OCH3 is 3. The molecule has 0 bridgehead atoms. The number of hydrogen-bond donors (Lipinski definition) is 0. The molecule has 1 fully saturated rings. The maximum atomic E-state index is 13.8. The van der Waals surface area contributed by atoms with Crippen LogP contribution in [0.2, 0.25) is 0 Å². The van der Waals surface area contributed by atoms with E-state index >= 15 is 0 Å². The number of carbonyl (C=O) groups is 1. The smallest absolute Gasteiger partial charge is 0.264 e. The van der Waals surface area contributed by atoms with Crippen LogP contribution in [0.5, 0.6) is 17.2 Å². The molecule has 0 aromatic heterocycles. The summed E-state index contributed by atoms with van der Waals surface area (Å²) in [7, 11) is 0.369. The molecule has 2 aromatic rings. The van der Waals surface area contributed by atoms with Crippen LogP contribution < -0.4 is 18.5 Å². The van der Waals surface area contributed by atoms with Crippen LogP contribution in [-0.2, 0) is 14.8 Å². The van der Waals surface area contributed by atoms with Crippen LogP contribution in [-0.4, -0.2) is 60.2 Å². The second-order valence-electron chi connectivity index (χ2n) is 8.64. The number of rotatable bonds is 12. The topological polar surface area (TPSA) is 85.4 Å². The van der Waals surface area contributed by atoms with Crippen molar-refractivity contribution < 1.29 is 27.4 Å². The van der Waals surface area contributed by atoms with E-state index in [9.17, 15) is 13.2 Å². The van der Waals surface area contributed by atoms with Crippen molar-refractivity contribution in [1.29, 1.82) is 0 Å². The van der Waals surface area contributed by atoms with Crippen LogP contribution in [0.1, 0.15) is 39.0 Å². The Kier molecular flexibility index (Phi) is 9.26. The van der Waals surface area contributed by atoms with Gasteiger partial charge in [0.05, 0.1) is 31.9 Å². The normalized spacial score (nSPS) is 13.9. The van der Waals surface area contributed by atoms with Gasteiger partial charge in [-0.2, -0.15) is 0 Å². The van der Waals surface area contributed by atoms with E-state index in [4.69, 9.17) is 14.2 Å². The number of benzene rings is 2. The van der Waals surface area contributed by atoms with Crippen LogP contribution in [0.3, 0.4) is 0 Å². The molecule has 9 heteroatoms. The van der Waals surface area contributed by atoms with Gasteiger partial charge in [-0.05, 0) is 55.7 Å². The van der Waals surface area contributed by atoms with Gasteiger partial charge in [-0.15, -0.1) is 0 Å². The van der Waals surface area contributed by atoms with Crippen molar-refractivity contribution in [2.24, 2.45) is 5.92 Å². The largest absolute Gasteiger partial charge is 0.497 e. The highest BCUT2D eigenvalue weighted by Gasteiger charge is 2.31. The predicted octanol–water partition coefficient (Wildman–Crippen LogP) is 4.34. The summed E-state index contributed by atoms with van der Waals surface area (Å²) >= 11 is 0. The van der Waals surface area contributed by atoms with E-state index in [0.717, 1.165) is 10.7 Å². The molecule has 1 amide bonds. The molecule has 35 heavy (non-hydrogen) atoms. The predicted molar refractivity (Wildman–Crippen MR) is 136 cm³/mol. The summed E-state index contributed by atoms with van der Waals surface area (Å²) < 4.78 is 44.7. The summed E-state index contributed by atoms with van der Waals surface area (Å²) in [5.74, 6) is 1.69. The third-order valence-corrected chi connectivity index (χ3v) is 8.37. The second-order valence-corrected chi connectivity index (χ2v) is 10.5. The molecule has 1 aliphatic carbocycles. The van der Waals surface area contributed by atoms with Crippen molar-refractivity contribution in [3.8, 4) is 17.2 Å². The minimum atomic E-state index is -4.11. The number of amides is 1. The van der Waals surface area contributed by atoms with Crippen molar-refractivity contribution in [2.45, 2.75) is 43.9 Å². The lowest BCUT2D eigenvalue weighted by Crippen LogP contribution is -2.43. The number of hydrogen-bond acceptors (Lipinski definition) is 6. The highest BCUT2D eigenvalue weighted by Crippen LogP contribution is 2.36. The van der Waals surface area contributed by atoms with Crippen molar-refractivity contribution in [3.05, 3.63) is 42.5 Å². The minimum absolute atomic E-state index is 0.0463. The zero-order valence-corrected chi connectivity index (χ0v) is 21.8. The van der Waals surface area contributed by atoms with E-state index in [1.54, 1.807) is 35.2 Å². The molecular formula is C26H36N2O6S. The monoisotopic (exact) mass is 504 g/mol. The summed E-state index contributed by atoms with van der Waals surface area (Å²) in [6.45, 7) is 2.69. The molecule has 0 aliphatic heterocycles. The summed E-state index contributed by atoms with van der Waals surface area (Å²) in [6.07, 6.45) is 5.82. The average Bonchev–Trinajstić information content (AvgIpc) is 3.41. The van der Waals surface area contributed by atoms with Gasteiger partial charge >= 0.3 is 0 Å². The average molecular weight is 505 g/mol. The van der Waals surface area contributed by atoms with E-state index in [-0.39, 0.29) is 23.0 Å². The van der Waals surface area contributed by atoms with Crippen molar-refractivity contribution >= 4 is 21.6 Å². The minimum Gasteiger partial charge on any atom is -0.497 e. The first-order valence-electron chi connectivity index (χ1n) is 12.0. The Morgan fingerprint density at radius 3 is 2.14 bits per heavy atom. The third kappa shape index (κ3) is 6.39. The van der Waals surface area contributed by atoms with E-state index in [1.807, 2.05) is 6.92 Å². The number of sulfonamides is 1. The standard InChI is InChI=1S/C26H36N2O6S/c1-5-27(17-16-20-8-6-7-9-20)26(29)19-28(24-18-22(33-3)12-15-25(24)34-4)35(30,31)23-13-10-21(32-2)11-14-23/h10-15,18,20H,5-9,16-17,19H2,1-4H3. The number of likely N-dealkylation sites (N-methyl/N-ethyl adjacent to an activating group) is 1. The Morgan fingerprint density at radius 1 is 0.943 bits per heavy atom. The van der Waals surface area contributed by atoms with Gasteiger partial charge in [-0.1, -0.05) is 25.7 Å². The van der Waals surface area contributed by atoms with E-state index in [1.165, 1.54) is 59.1 Å². The van der Waals surface area contributed by atoms with Gasteiger partial charge in [0.2, 0.25) is 5.91 Å². The number of ether oxygens (including phenoxy) is 3. The summed E-state index contributed by atoms with van der Waals surface area (Å²) in [5, 5.41) is 0. The van der Waals surface area contributed by atoms with E-state index < -0.39 is 10.0 Å². The number of carbonyl (C=O) groups excluding carboxylic acids is 1. The molecule has 0 spiro atoms. The molecule has 0 unspecified atom stereocenters. The fraction of sp³-hybridized carbons (Fsp3) is 0.500. The van der Waals surface area contributed by atoms with Gasteiger partial charge in [-0.3, -0.25) is 9.10 Å². The van der Waals surface area contributed by atoms with Crippen LogP contribution in [0.15, 0.2) is 47.4 Å².